The first-order chi connectivity index (χ1) is 8.52. The molecular weight excluding hydrogens is 309 g/mol. The fourth-order valence-corrected chi connectivity index (χ4v) is 1.97. The van der Waals surface area contributed by atoms with Crippen molar-refractivity contribution in [2.24, 2.45) is 0 Å². The summed E-state index contributed by atoms with van der Waals surface area (Å²) in [6.07, 6.45) is -1.39. The molecular formula is C12H8BrF3N2. The van der Waals surface area contributed by atoms with Gasteiger partial charge < -0.3 is 0 Å². The van der Waals surface area contributed by atoms with Crippen molar-refractivity contribution in [3.8, 4) is 11.3 Å². The van der Waals surface area contributed by atoms with Crippen LogP contribution in [0.2, 0.25) is 0 Å². The Hall–Kier alpha value is -1.43. The van der Waals surface area contributed by atoms with Crippen LogP contribution in [0, 0.1) is 0 Å². The van der Waals surface area contributed by atoms with Crippen molar-refractivity contribution in [1.82, 2.24) is 9.97 Å². The van der Waals surface area contributed by atoms with Crippen LogP contribution in [-0.2, 0) is 11.5 Å². The highest BCUT2D eigenvalue weighted by atomic mass is 79.9. The topological polar surface area (TPSA) is 25.8 Å². The first kappa shape index (κ1) is 13.0. The van der Waals surface area contributed by atoms with Gasteiger partial charge in [-0.15, -0.1) is 0 Å². The van der Waals surface area contributed by atoms with Crippen LogP contribution in [0.5, 0.6) is 0 Å². The highest BCUT2D eigenvalue weighted by Crippen LogP contribution is 2.31. The molecule has 0 bridgehead atoms. The molecule has 2 aromatic rings. The zero-order valence-electron chi connectivity index (χ0n) is 9.08. The summed E-state index contributed by atoms with van der Waals surface area (Å²) in [5, 5.41) is 0.440. The smallest absolute Gasteiger partial charge is 0.265 e. The minimum absolute atomic E-state index is 0.323. The monoisotopic (exact) mass is 316 g/mol. The summed E-state index contributed by atoms with van der Waals surface area (Å²) < 4.78 is 37.9. The van der Waals surface area contributed by atoms with E-state index in [1.54, 1.807) is 12.1 Å². The Bertz CT molecular complexity index is 541. The second-order valence-electron chi connectivity index (χ2n) is 3.57. The van der Waals surface area contributed by atoms with Gasteiger partial charge in [-0.1, -0.05) is 22.0 Å². The maximum absolute atomic E-state index is 12.6. The van der Waals surface area contributed by atoms with Gasteiger partial charge in [-0.25, -0.2) is 4.98 Å². The van der Waals surface area contributed by atoms with E-state index < -0.39 is 11.9 Å². The number of nitrogens with zero attached hydrogens (tertiary/aromatic N) is 2. The minimum atomic E-state index is -4.44. The molecule has 0 aromatic carbocycles. The first-order valence-corrected chi connectivity index (χ1v) is 6.18. The van der Waals surface area contributed by atoms with Gasteiger partial charge in [0.05, 0.1) is 5.69 Å². The van der Waals surface area contributed by atoms with Crippen LogP contribution in [0.15, 0.2) is 36.7 Å². The number of aromatic nitrogens is 2. The van der Waals surface area contributed by atoms with Gasteiger partial charge in [-0.2, -0.15) is 13.2 Å². The molecule has 0 aliphatic heterocycles. The quantitative estimate of drug-likeness (QED) is 0.781. The van der Waals surface area contributed by atoms with Crippen LogP contribution in [0.3, 0.4) is 0 Å². The van der Waals surface area contributed by atoms with Crippen LogP contribution in [0.4, 0.5) is 13.2 Å². The van der Waals surface area contributed by atoms with Crippen molar-refractivity contribution in [3.05, 3.63) is 47.9 Å². The largest absolute Gasteiger partial charge is 0.433 e. The third-order valence-electron chi connectivity index (χ3n) is 2.37. The molecule has 6 heteroatoms. The summed E-state index contributed by atoms with van der Waals surface area (Å²) in [4.78, 5) is 7.54. The van der Waals surface area contributed by atoms with E-state index in [4.69, 9.17) is 0 Å². The highest BCUT2D eigenvalue weighted by molar-refractivity contribution is 9.08. The van der Waals surface area contributed by atoms with E-state index >= 15 is 0 Å². The van der Waals surface area contributed by atoms with Gasteiger partial charge in [0.2, 0.25) is 0 Å². The zero-order chi connectivity index (χ0) is 13.2. The Balaban J connectivity index is 2.57. The number of rotatable bonds is 2. The van der Waals surface area contributed by atoms with E-state index in [0.29, 0.717) is 22.2 Å². The SMILES string of the molecule is FC(F)(F)c1ccc(CBr)c(-c2ccncc2)n1. The maximum atomic E-state index is 12.6. The molecule has 0 aliphatic rings. The van der Waals surface area contributed by atoms with E-state index in [0.717, 1.165) is 6.07 Å². The molecule has 0 unspecified atom stereocenters. The fraction of sp³-hybridized carbons (Fsp3) is 0.167. The predicted octanol–water partition coefficient (Wildman–Crippen LogP) is 4.06. The second-order valence-corrected chi connectivity index (χ2v) is 4.13. The molecule has 2 heterocycles. The van der Waals surface area contributed by atoms with Crippen molar-refractivity contribution >= 4 is 15.9 Å². The molecule has 0 fully saturated rings. The molecule has 0 amide bonds. The molecule has 0 N–H and O–H groups in total. The van der Waals surface area contributed by atoms with Gasteiger partial charge >= 0.3 is 6.18 Å². The molecule has 0 spiro atoms. The lowest BCUT2D eigenvalue weighted by molar-refractivity contribution is -0.141. The van der Waals surface area contributed by atoms with Gasteiger partial charge in [0.25, 0.3) is 0 Å². The Kier molecular flexibility index (Phi) is 3.65. The first-order valence-electron chi connectivity index (χ1n) is 5.06. The van der Waals surface area contributed by atoms with Crippen LogP contribution >= 0.6 is 15.9 Å². The number of alkyl halides is 4. The third-order valence-corrected chi connectivity index (χ3v) is 2.97. The Morgan fingerprint density at radius 3 is 2.28 bits per heavy atom. The molecule has 2 nitrogen and oxygen atoms in total. The van der Waals surface area contributed by atoms with E-state index in [9.17, 15) is 13.2 Å². The molecule has 2 aromatic heterocycles. The third kappa shape index (κ3) is 2.69. The lowest BCUT2D eigenvalue weighted by Gasteiger charge is -2.11. The van der Waals surface area contributed by atoms with Crippen molar-refractivity contribution in [1.29, 1.82) is 0 Å². The van der Waals surface area contributed by atoms with E-state index in [1.807, 2.05) is 0 Å². The number of hydrogen-bond donors (Lipinski definition) is 0. The van der Waals surface area contributed by atoms with Gasteiger partial charge in [0.1, 0.15) is 5.69 Å². The summed E-state index contributed by atoms with van der Waals surface area (Å²) in [7, 11) is 0. The lowest BCUT2D eigenvalue weighted by atomic mass is 10.1. The number of halogens is 4. The Morgan fingerprint density at radius 2 is 1.72 bits per heavy atom. The standard InChI is InChI=1S/C12H8BrF3N2/c13-7-9-1-2-10(12(14,15)16)18-11(9)8-3-5-17-6-4-8/h1-6H,7H2. The van der Waals surface area contributed by atoms with Gasteiger partial charge in [-0.3, -0.25) is 4.98 Å². The van der Waals surface area contributed by atoms with E-state index in [1.165, 1.54) is 18.5 Å². The van der Waals surface area contributed by atoms with Crippen molar-refractivity contribution in [2.45, 2.75) is 11.5 Å². The Morgan fingerprint density at radius 1 is 1.06 bits per heavy atom. The summed E-state index contributed by atoms with van der Waals surface area (Å²) in [5.41, 5.74) is 0.753. The molecule has 18 heavy (non-hydrogen) atoms. The average molecular weight is 317 g/mol. The van der Waals surface area contributed by atoms with Crippen LogP contribution in [-0.4, -0.2) is 9.97 Å². The highest BCUT2D eigenvalue weighted by Gasteiger charge is 2.33. The van der Waals surface area contributed by atoms with Crippen molar-refractivity contribution in [3.63, 3.8) is 0 Å². The van der Waals surface area contributed by atoms with Crippen LogP contribution in [0.1, 0.15) is 11.3 Å². The van der Waals surface area contributed by atoms with Gasteiger partial charge in [0.15, 0.2) is 0 Å². The summed E-state index contributed by atoms with van der Waals surface area (Å²) in [6, 6.07) is 5.69. The average Bonchev–Trinajstić information content (AvgIpc) is 2.38. The fourth-order valence-electron chi connectivity index (χ4n) is 1.51. The summed E-state index contributed by atoms with van der Waals surface area (Å²) in [6.45, 7) is 0. The number of hydrogen-bond acceptors (Lipinski definition) is 2. The van der Waals surface area contributed by atoms with Crippen LogP contribution < -0.4 is 0 Å². The molecule has 0 saturated carbocycles. The lowest BCUT2D eigenvalue weighted by Crippen LogP contribution is -2.09. The van der Waals surface area contributed by atoms with Crippen LogP contribution in [0.25, 0.3) is 11.3 Å². The predicted molar refractivity (Wildman–Crippen MR) is 65.1 cm³/mol. The van der Waals surface area contributed by atoms with Gasteiger partial charge in [-0.05, 0) is 23.8 Å². The zero-order valence-corrected chi connectivity index (χ0v) is 10.7. The van der Waals surface area contributed by atoms with Crippen molar-refractivity contribution < 1.29 is 13.2 Å². The normalized spacial score (nSPS) is 11.6. The molecule has 2 rings (SSSR count). The van der Waals surface area contributed by atoms with E-state index in [2.05, 4.69) is 25.9 Å². The Labute approximate surface area is 110 Å². The summed E-state index contributed by atoms with van der Waals surface area (Å²) >= 11 is 3.24. The molecule has 0 atom stereocenters. The maximum Gasteiger partial charge on any atom is 0.433 e. The van der Waals surface area contributed by atoms with Crippen molar-refractivity contribution in [2.75, 3.05) is 0 Å². The molecule has 0 radical (unpaired) electrons. The van der Waals surface area contributed by atoms with Gasteiger partial charge in [0, 0.05) is 23.3 Å². The minimum Gasteiger partial charge on any atom is -0.265 e. The second kappa shape index (κ2) is 5.06. The summed E-state index contributed by atoms with van der Waals surface area (Å²) in [5.74, 6) is 0. The van der Waals surface area contributed by atoms with E-state index in [-0.39, 0.29) is 0 Å². The molecule has 94 valence electrons. The molecule has 0 saturated heterocycles. The molecule has 0 aliphatic carbocycles. The number of pyridine rings is 2.